The van der Waals surface area contributed by atoms with Crippen molar-refractivity contribution < 1.29 is 33.4 Å². The second-order valence-corrected chi connectivity index (χ2v) is 9.89. The minimum atomic E-state index is -0.976. The van der Waals surface area contributed by atoms with Crippen LogP contribution in [0.25, 0.3) is 11.1 Å². The summed E-state index contributed by atoms with van der Waals surface area (Å²) in [6.07, 6.45) is -0.747. The van der Waals surface area contributed by atoms with E-state index < -0.39 is 47.9 Å². The van der Waals surface area contributed by atoms with Crippen LogP contribution in [0.1, 0.15) is 29.5 Å². The summed E-state index contributed by atoms with van der Waals surface area (Å²) < 4.78 is 15.7. The lowest BCUT2D eigenvalue weighted by atomic mass is 9.98. The summed E-state index contributed by atoms with van der Waals surface area (Å²) in [5.74, 6) is -3.64. The number of ether oxygens (including phenoxy) is 3. The van der Waals surface area contributed by atoms with Crippen LogP contribution in [0.3, 0.4) is 0 Å². The van der Waals surface area contributed by atoms with E-state index in [-0.39, 0.29) is 19.1 Å². The quantitative estimate of drug-likeness (QED) is 0.313. The number of amides is 2. The molecule has 0 saturated heterocycles. The Kier molecular flexibility index (Phi) is 7.82. The highest BCUT2D eigenvalue weighted by Gasteiger charge is 2.62. The molecule has 2 aliphatic rings. The highest BCUT2D eigenvalue weighted by atomic mass is 16.6. The first-order chi connectivity index (χ1) is 19.4. The summed E-state index contributed by atoms with van der Waals surface area (Å²) in [4.78, 5) is 50.3. The van der Waals surface area contributed by atoms with Gasteiger partial charge in [0.2, 0.25) is 5.91 Å². The summed E-state index contributed by atoms with van der Waals surface area (Å²) >= 11 is 0. The minimum absolute atomic E-state index is 0.0461. The summed E-state index contributed by atoms with van der Waals surface area (Å²) in [5.41, 5.74) is 5.18. The average Bonchev–Trinajstić information content (AvgIpc) is 3.60. The number of fused-ring (bicyclic) bond motifs is 3. The first kappa shape index (κ1) is 26.9. The number of esters is 2. The van der Waals surface area contributed by atoms with Gasteiger partial charge in [0, 0.05) is 5.92 Å². The minimum Gasteiger partial charge on any atom is -0.469 e. The Morgan fingerprint density at radius 1 is 0.775 bits per heavy atom. The highest BCUT2D eigenvalue weighted by molar-refractivity contribution is 5.93. The molecular formula is C31H30N2O7. The molecule has 2 amide bonds. The number of rotatable bonds is 9. The van der Waals surface area contributed by atoms with Gasteiger partial charge >= 0.3 is 18.0 Å². The Morgan fingerprint density at radius 3 is 1.98 bits per heavy atom. The predicted molar refractivity (Wildman–Crippen MR) is 145 cm³/mol. The molecule has 0 spiro atoms. The number of carbonyl (C=O) groups excluding carboxylic acids is 4. The summed E-state index contributed by atoms with van der Waals surface area (Å²) in [5, 5.41) is 5.19. The fourth-order valence-electron chi connectivity index (χ4n) is 5.21. The van der Waals surface area contributed by atoms with Gasteiger partial charge in [-0.15, -0.1) is 0 Å². The molecule has 0 aromatic heterocycles. The largest absolute Gasteiger partial charge is 0.469 e. The zero-order valence-corrected chi connectivity index (χ0v) is 22.2. The standard InChI is InChI=1S/C31H30N2O7/c1-18(32-31(37)40-17-24-22-14-8-6-12-20(22)21-13-7-9-15-23(21)24)28(34)33-27-25(29(35)38-2)26(27)30(36)39-16-19-10-4-3-5-11-19/h3-15,18,24-27H,16-17H2,1-2H3,(H,32,37)(H,33,34)/t18-,25+,26+,27-/m0/s1. The zero-order valence-electron chi connectivity index (χ0n) is 22.2. The molecule has 2 aliphatic carbocycles. The van der Waals surface area contributed by atoms with Crippen molar-refractivity contribution in [1.29, 1.82) is 0 Å². The van der Waals surface area contributed by atoms with Gasteiger partial charge in [-0.05, 0) is 34.7 Å². The molecule has 0 unspecified atom stereocenters. The van der Waals surface area contributed by atoms with Gasteiger partial charge in [-0.1, -0.05) is 78.9 Å². The van der Waals surface area contributed by atoms with Crippen LogP contribution in [-0.4, -0.2) is 49.7 Å². The van der Waals surface area contributed by atoms with Crippen molar-refractivity contribution in [2.45, 2.75) is 31.5 Å². The highest BCUT2D eigenvalue weighted by Crippen LogP contribution is 2.44. The van der Waals surface area contributed by atoms with Gasteiger partial charge in [0.25, 0.3) is 0 Å². The molecule has 3 aromatic rings. The van der Waals surface area contributed by atoms with Crippen molar-refractivity contribution in [3.8, 4) is 11.1 Å². The summed E-state index contributed by atoms with van der Waals surface area (Å²) in [7, 11) is 1.22. The van der Waals surface area contributed by atoms with Crippen molar-refractivity contribution in [2.75, 3.05) is 13.7 Å². The second-order valence-electron chi connectivity index (χ2n) is 9.89. The van der Waals surface area contributed by atoms with Gasteiger partial charge < -0.3 is 24.8 Å². The Labute approximate surface area is 231 Å². The molecule has 206 valence electrons. The lowest BCUT2D eigenvalue weighted by molar-refractivity contribution is -0.150. The molecule has 40 heavy (non-hydrogen) atoms. The maximum absolute atomic E-state index is 12.8. The van der Waals surface area contributed by atoms with Crippen LogP contribution in [0, 0.1) is 11.8 Å². The van der Waals surface area contributed by atoms with Crippen molar-refractivity contribution in [3.05, 3.63) is 95.6 Å². The molecule has 3 aromatic carbocycles. The number of hydrogen-bond donors (Lipinski definition) is 2. The first-order valence-corrected chi connectivity index (χ1v) is 13.1. The maximum atomic E-state index is 12.8. The Bertz CT molecular complexity index is 1380. The summed E-state index contributed by atoms with van der Waals surface area (Å²) in [6, 6.07) is 23.3. The van der Waals surface area contributed by atoms with Crippen LogP contribution < -0.4 is 10.6 Å². The lowest BCUT2D eigenvalue weighted by Crippen LogP contribution is -2.46. The number of hydrogen-bond acceptors (Lipinski definition) is 7. The molecule has 0 bridgehead atoms. The molecule has 0 radical (unpaired) electrons. The maximum Gasteiger partial charge on any atom is 0.407 e. The normalized spacial score (nSPS) is 19.4. The van der Waals surface area contributed by atoms with Gasteiger partial charge in [0.1, 0.15) is 19.3 Å². The van der Waals surface area contributed by atoms with Crippen LogP contribution in [0.4, 0.5) is 4.79 Å². The summed E-state index contributed by atoms with van der Waals surface area (Å²) in [6.45, 7) is 1.65. The number of benzene rings is 3. The smallest absolute Gasteiger partial charge is 0.407 e. The number of carbonyl (C=O) groups is 4. The van der Waals surface area contributed by atoms with Crippen molar-refractivity contribution >= 4 is 23.9 Å². The van der Waals surface area contributed by atoms with E-state index in [0.717, 1.165) is 27.8 Å². The third-order valence-electron chi connectivity index (χ3n) is 7.37. The van der Waals surface area contributed by atoms with Crippen LogP contribution in [-0.2, 0) is 35.2 Å². The van der Waals surface area contributed by atoms with E-state index in [2.05, 4.69) is 10.6 Å². The van der Waals surface area contributed by atoms with Gasteiger partial charge in [-0.2, -0.15) is 0 Å². The van der Waals surface area contributed by atoms with Gasteiger partial charge in [0.05, 0.1) is 25.0 Å². The van der Waals surface area contributed by atoms with E-state index >= 15 is 0 Å². The first-order valence-electron chi connectivity index (χ1n) is 13.1. The lowest BCUT2D eigenvalue weighted by Gasteiger charge is -2.17. The SMILES string of the molecule is COC(=O)[C@H]1[C@H](NC(=O)[C@H](C)NC(=O)OCC2c3ccccc3-c3ccccc32)[C@@H]1C(=O)OCc1ccccc1. The fourth-order valence-corrected chi connectivity index (χ4v) is 5.21. The second kappa shape index (κ2) is 11.6. The third-order valence-corrected chi connectivity index (χ3v) is 7.37. The molecule has 0 aliphatic heterocycles. The zero-order chi connectivity index (χ0) is 28.2. The Morgan fingerprint density at radius 2 is 1.35 bits per heavy atom. The van der Waals surface area contributed by atoms with Crippen LogP contribution in [0.5, 0.6) is 0 Å². The van der Waals surface area contributed by atoms with E-state index in [0.29, 0.717) is 0 Å². The monoisotopic (exact) mass is 542 g/mol. The van der Waals surface area contributed by atoms with Crippen molar-refractivity contribution in [3.63, 3.8) is 0 Å². The topological polar surface area (TPSA) is 120 Å². The molecule has 1 saturated carbocycles. The average molecular weight is 543 g/mol. The van der Waals surface area contributed by atoms with Crippen molar-refractivity contribution in [2.24, 2.45) is 11.8 Å². The van der Waals surface area contributed by atoms with Gasteiger partial charge in [-0.3, -0.25) is 14.4 Å². The van der Waals surface area contributed by atoms with Gasteiger partial charge in [-0.25, -0.2) is 4.79 Å². The molecule has 4 atom stereocenters. The van der Waals surface area contributed by atoms with E-state index in [1.165, 1.54) is 14.0 Å². The van der Waals surface area contributed by atoms with Gasteiger partial charge in [0.15, 0.2) is 0 Å². The molecule has 9 heteroatoms. The molecule has 5 rings (SSSR count). The molecule has 1 fully saturated rings. The fraction of sp³-hybridized carbons (Fsp3) is 0.290. The van der Waals surface area contributed by atoms with Crippen molar-refractivity contribution in [1.82, 2.24) is 10.6 Å². The molecule has 9 nitrogen and oxygen atoms in total. The van der Waals surface area contributed by atoms with E-state index in [4.69, 9.17) is 14.2 Å². The molecule has 0 heterocycles. The van der Waals surface area contributed by atoms with Crippen LogP contribution in [0.2, 0.25) is 0 Å². The Balaban J connectivity index is 1.14. The number of alkyl carbamates (subject to hydrolysis) is 1. The number of nitrogens with one attached hydrogen (secondary N) is 2. The Hall–Kier alpha value is -4.66. The predicted octanol–water partition coefficient (Wildman–Crippen LogP) is 3.56. The van der Waals surface area contributed by atoms with E-state index in [1.807, 2.05) is 78.9 Å². The van der Waals surface area contributed by atoms with E-state index in [9.17, 15) is 19.2 Å². The van der Waals surface area contributed by atoms with E-state index in [1.54, 1.807) is 0 Å². The van der Waals surface area contributed by atoms with Crippen LogP contribution >= 0.6 is 0 Å². The molecular weight excluding hydrogens is 512 g/mol. The number of methoxy groups -OCH3 is 1. The molecule has 2 N–H and O–H groups in total. The van der Waals surface area contributed by atoms with Crippen LogP contribution in [0.15, 0.2) is 78.9 Å². The third kappa shape index (κ3) is 5.54.